The number of nitrogens with zero attached hydrogens (tertiary/aromatic N) is 1. The number of aromatic nitrogens is 1. The molecule has 30 heavy (non-hydrogen) atoms. The van der Waals surface area contributed by atoms with E-state index in [0.29, 0.717) is 23.8 Å². The summed E-state index contributed by atoms with van der Waals surface area (Å²) in [5.41, 5.74) is 2.34. The molecule has 0 saturated heterocycles. The maximum Gasteiger partial charge on any atom is 0.340 e. The van der Waals surface area contributed by atoms with Crippen molar-refractivity contribution in [2.45, 2.75) is 69.6 Å². The minimum absolute atomic E-state index is 0.241. The van der Waals surface area contributed by atoms with Crippen LogP contribution in [-0.4, -0.2) is 29.7 Å². The molecule has 0 radical (unpaired) electrons. The van der Waals surface area contributed by atoms with Gasteiger partial charge in [-0.25, -0.2) is 4.79 Å². The highest BCUT2D eigenvalue weighted by Crippen LogP contribution is 2.29. The molecule has 1 heterocycles. The lowest BCUT2D eigenvalue weighted by Crippen LogP contribution is -2.38. The Balaban J connectivity index is 1.56. The highest BCUT2D eigenvalue weighted by molar-refractivity contribution is 7.98. The normalized spacial score (nSPS) is 15.6. The summed E-state index contributed by atoms with van der Waals surface area (Å²) in [6.07, 6.45) is 5.23. The van der Waals surface area contributed by atoms with Crippen molar-refractivity contribution in [1.82, 2.24) is 10.5 Å². The maximum absolute atomic E-state index is 12.7. The van der Waals surface area contributed by atoms with Gasteiger partial charge >= 0.3 is 5.97 Å². The third-order valence-corrected chi connectivity index (χ3v) is 6.70. The van der Waals surface area contributed by atoms with Crippen LogP contribution < -0.4 is 5.32 Å². The van der Waals surface area contributed by atoms with Crippen LogP contribution in [-0.2, 0) is 15.3 Å². The van der Waals surface area contributed by atoms with Crippen molar-refractivity contribution in [1.29, 1.82) is 0 Å². The number of esters is 1. The van der Waals surface area contributed by atoms with Crippen molar-refractivity contribution < 1.29 is 18.8 Å². The first-order chi connectivity index (χ1) is 14.5. The molecule has 0 bridgehead atoms. The van der Waals surface area contributed by atoms with Crippen molar-refractivity contribution >= 4 is 23.6 Å². The molecular formula is C23H30N2O4S. The number of rotatable bonds is 8. The first-order valence-electron chi connectivity index (χ1n) is 10.6. The number of carbonyl (C=O) groups is 2. The predicted molar refractivity (Wildman–Crippen MR) is 116 cm³/mol. The van der Waals surface area contributed by atoms with Crippen LogP contribution in [0, 0.1) is 19.8 Å². The van der Waals surface area contributed by atoms with Crippen molar-refractivity contribution in [3.8, 4) is 0 Å². The van der Waals surface area contributed by atoms with Crippen molar-refractivity contribution in [2.75, 3.05) is 6.54 Å². The van der Waals surface area contributed by atoms with Crippen LogP contribution >= 0.6 is 11.8 Å². The van der Waals surface area contributed by atoms with Gasteiger partial charge in [-0.1, -0.05) is 36.6 Å². The number of benzene rings is 1. The molecule has 1 amide bonds. The monoisotopic (exact) mass is 430 g/mol. The average molecular weight is 431 g/mol. The quantitative estimate of drug-likeness (QED) is 0.477. The van der Waals surface area contributed by atoms with Gasteiger partial charge in [0.15, 0.2) is 6.10 Å². The average Bonchev–Trinajstić information content (AvgIpc) is 3.08. The van der Waals surface area contributed by atoms with Gasteiger partial charge in [-0.05, 0) is 51.7 Å². The van der Waals surface area contributed by atoms with Gasteiger partial charge in [0.25, 0.3) is 5.91 Å². The van der Waals surface area contributed by atoms with Crippen LogP contribution in [0.25, 0.3) is 0 Å². The lowest BCUT2D eigenvalue weighted by Gasteiger charge is -2.22. The van der Waals surface area contributed by atoms with Crippen LogP contribution in [0.15, 0.2) is 33.7 Å². The predicted octanol–water partition coefficient (Wildman–Crippen LogP) is 4.83. The molecule has 7 heteroatoms. The van der Waals surface area contributed by atoms with E-state index in [1.165, 1.54) is 31.0 Å². The first-order valence-corrected chi connectivity index (χ1v) is 11.6. The van der Waals surface area contributed by atoms with Crippen molar-refractivity contribution in [3.63, 3.8) is 0 Å². The number of ether oxygens (including phenoxy) is 1. The van der Waals surface area contributed by atoms with Crippen LogP contribution in [0.1, 0.15) is 66.4 Å². The number of hydrogen-bond donors (Lipinski definition) is 1. The van der Waals surface area contributed by atoms with Crippen LogP contribution in [0.4, 0.5) is 0 Å². The molecule has 1 saturated carbocycles. The Labute approximate surface area is 182 Å². The van der Waals surface area contributed by atoms with E-state index < -0.39 is 12.1 Å². The number of aryl methyl sites for hydroxylation is 2. The fourth-order valence-corrected chi connectivity index (χ4v) is 4.87. The van der Waals surface area contributed by atoms with E-state index in [1.54, 1.807) is 19.1 Å². The SMILES string of the molecule is Cc1noc(C)c1CSc1ccccc1C(=O)OC(C)C(=O)NCC1CCCCC1. The summed E-state index contributed by atoms with van der Waals surface area (Å²) in [6, 6.07) is 7.29. The summed E-state index contributed by atoms with van der Waals surface area (Å²) in [4.78, 5) is 25.9. The zero-order valence-corrected chi connectivity index (χ0v) is 18.7. The van der Waals surface area contributed by atoms with Gasteiger partial charge in [-0.3, -0.25) is 4.79 Å². The Bertz CT molecular complexity index is 854. The molecule has 1 N–H and O–H groups in total. The third-order valence-electron chi connectivity index (χ3n) is 5.60. The van der Waals surface area contributed by atoms with Gasteiger partial charge in [0.1, 0.15) is 5.76 Å². The third kappa shape index (κ3) is 5.88. The largest absolute Gasteiger partial charge is 0.449 e. The molecule has 1 aromatic carbocycles. The fourth-order valence-electron chi connectivity index (χ4n) is 3.68. The van der Waals surface area contributed by atoms with Crippen molar-refractivity contribution in [3.05, 3.63) is 46.8 Å². The number of hydrogen-bond acceptors (Lipinski definition) is 6. The summed E-state index contributed by atoms with van der Waals surface area (Å²) < 4.78 is 10.7. The lowest BCUT2D eigenvalue weighted by molar-refractivity contribution is -0.129. The summed E-state index contributed by atoms with van der Waals surface area (Å²) in [7, 11) is 0. The first kappa shape index (κ1) is 22.4. The second-order valence-corrected chi connectivity index (χ2v) is 8.90. The van der Waals surface area contributed by atoms with E-state index in [0.717, 1.165) is 34.8 Å². The summed E-state index contributed by atoms with van der Waals surface area (Å²) in [6.45, 7) is 6.06. The standard InChI is InChI=1S/C23H30N2O4S/c1-15-20(16(2)29-25-15)14-30-21-12-8-7-11-19(21)23(27)28-17(3)22(26)24-13-18-9-5-4-6-10-18/h7-8,11-12,17-18H,4-6,9-10,13-14H2,1-3H3,(H,24,26). The Morgan fingerprint density at radius 2 is 1.97 bits per heavy atom. The van der Waals surface area contributed by atoms with Crippen LogP contribution in [0.2, 0.25) is 0 Å². The molecule has 1 aliphatic rings. The maximum atomic E-state index is 12.7. The van der Waals surface area contributed by atoms with Gasteiger partial charge in [-0.15, -0.1) is 11.8 Å². The van der Waals surface area contributed by atoms with Gasteiger partial charge < -0.3 is 14.6 Å². The minimum atomic E-state index is -0.832. The second-order valence-electron chi connectivity index (χ2n) is 7.88. The second kappa shape index (κ2) is 10.7. The van der Waals surface area contributed by atoms with E-state index in [9.17, 15) is 9.59 Å². The molecule has 0 aliphatic heterocycles. The zero-order chi connectivity index (χ0) is 21.5. The zero-order valence-electron chi connectivity index (χ0n) is 17.9. The topological polar surface area (TPSA) is 81.4 Å². The van der Waals surface area contributed by atoms with Gasteiger partial charge in [0, 0.05) is 22.8 Å². The molecule has 1 atom stereocenters. The Kier molecular flexibility index (Phi) is 7.96. The molecular weight excluding hydrogens is 400 g/mol. The number of nitrogens with one attached hydrogen (secondary N) is 1. The van der Waals surface area contributed by atoms with E-state index in [-0.39, 0.29) is 5.91 Å². The fraction of sp³-hybridized carbons (Fsp3) is 0.522. The van der Waals surface area contributed by atoms with E-state index in [2.05, 4.69) is 10.5 Å². The summed E-state index contributed by atoms with van der Waals surface area (Å²) in [5, 5.41) is 6.91. The molecule has 0 spiro atoms. The smallest absolute Gasteiger partial charge is 0.340 e. The Morgan fingerprint density at radius 1 is 1.23 bits per heavy atom. The van der Waals surface area contributed by atoms with E-state index in [1.807, 2.05) is 26.0 Å². The molecule has 162 valence electrons. The Morgan fingerprint density at radius 3 is 2.67 bits per heavy atom. The highest BCUT2D eigenvalue weighted by Gasteiger charge is 2.22. The molecule has 1 fully saturated rings. The van der Waals surface area contributed by atoms with Gasteiger partial charge in [0.05, 0.1) is 11.3 Å². The Hall–Kier alpha value is -2.28. The lowest BCUT2D eigenvalue weighted by atomic mass is 9.89. The molecule has 1 aliphatic carbocycles. The minimum Gasteiger partial charge on any atom is -0.449 e. The molecule has 1 unspecified atom stereocenters. The van der Waals surface area contributed by atoms with Gasteiger partial charge in [0.2, 0.25) is 0 Å². The van der Waals surface area contributed by atoms with E-state index >= 15 is 0 Å². The number of amides is 1. The van der Waals surface area contributed by atoms with Crippen LogP contribution in [0.5, 0.6) is 0 Å². The highest BCUT2D eigenvalue weighted by atomic mass is 32.2. The summed E-state index contributed by atoms with van der Waals surface area (Å²) in [5.74, 6) is 1.23. The van der Waals surface area contributed by atoms with E-state index in [4.69, 9.17) is 9.26 Å². The number of thioether (sulfide) groups is 1. The van der Waals surface area contributed by atoms with Gasteiger partial charge in [-0.2, -0.15) is 0 Å². The molecule has 6 nitrogen and oxygen atoms in total. The molecule has 3 rings (SSSR count). The van der Waals surface area contributed by atoms with Crippen LogP contribution in [0.3, 0.4) is 0 Å². The molecule has 1 aromatic heterocycles. The number of carbonyl (C=O) groups excluding carboxylic acids is 2. The summed E-state index contributed by atoms with van der Waals surface area (Å²) >= 11 is 1.52. The van der Waals surface area contributed by atoms with Crippen molar-refractivity contribution in [2.24, 2.45) is 5.92 Å². The molecule has 2 aromatic rings.